The van der Waals surface area contributed by atoms with Gasteiger partial charge in [-0.3, -0.25) is 0 Å². The summed E-state index contributed by atoms with van der Waals surface area (Å²) in [6, 6.07) is 15.0. The van der Waals surface area contributed by atoms with Crippen LogP contribution in [0.3, 0.4) is 0 Å². The zero-order chi connectivity index (χ0) is 16.7. The molecule has 1 N–H and O–H groups in total. The second kappa shape index (κ2) is 8.91. The zero-order valence-corrected chi connectivity index (χ0v) is 16.4. The van der Waals surface area contributed by atoms with Gasteiger partial charge in [-0.05, 0) is 46.4 Å². The molecule has 0 aliphatic heterocycles. The number of halogens is 1. The maximum atomic E-state index is 12.3. The molecule has 0 atom stereocenters. The molecule has 0 aliphatic carbocycles. The van der Waals surface area contributed by atoms with Crippen LogP contribution in [0.1, 0.15) is 5.56 Å². The first-order valence-electron chi connectivity index (χ1n) is 6.98. The lowest BCUT2D eigenvalue weighted by atomic mass is 10.2. The Morgan fingerprint density at radius 3 is 2.57 bits per heavy atom. The average Bonchev–Trinajstić information content (AvgIpc) is 2.55. The summed E-state index contributed by atoms with van der Waals surface area (Å²) in [6.45, 7) is 0.405. The van der Waals surface area contributed by atoms with E-state index in [0.29, 0.717) is 12.3 Å². The maximum Gasteiger partial charge on any atom is 0.240 e. The molecule has 0 saturated heterocycles. The largest absolute Gasteiger partial charge is 0.496 e. The van der Waals surface area contributed by atoms with Crippen molar-refractivity contribution < 1.29 is 13.2 Å². The Morgan fingerprint density at radius 2 is 1.91 bits per heavy atom. The Hall–Kier alpha value is -0.770. The molecule has 23 heavy (non-hydrogen) atoms. The van der Waals surface area contributed by atoms with Gasteiger partial charge in [0.1, 0.15) is 5.75 Å². The minimum atomic E-state index is -3.48. The number of benzene rings is 2. The number of sulfonamides is 1. The van der Waals surface area contributed by atoms with Crippen LogP contribution in [0.2, 0.25) is 0 Å². The summed E-state index contributed by atoms with van der Waals surface area (Å²) in [6.07, 6.45) is 0. The number of nitrogens with one attached hydrogen (secondary N) is 1. The van der Waals surface area contributed by atoms with E-state index >= 15 is 0 Å². The highest BCUT2D eigenvalue weighted by Gasteiger charge is 2.15. The van der Waals surface area contributed by atoms with Crippen molar-refractivity contribution >= 4 is 44.4 Å². The van der Waals surface area contributed by atoms with E-state index in [0.717, 1.165) is 15.1 Å². The minimum absolute atomic E-state index is 0.260. The van der Waals surface area contributed by atoms with E-state index in [9.17, 15) is 8.42 Å². The van der Waals surface area contributed by atoms with Gasteiger partial charge in [0, 0.05) is 18.1 Å². The van der Waals surface area contributed by atoms with Crippen molar-refractivity contribution in [3.05, 3.63) is 57.7 Å². The van der Waals surface area contributed by atoms with Crippen LogP contribution in [0.5, 0.6) is 5.75 Å². The van der Waals surface area contributed by atoms with Crippen molar-refractivity contribution in [2.24, 2.45) is 0 Å². The third-order valence-electron chi connectivity index (χ3n) is 3.08. The van der Waals surface area contributed by atoms with Gasteiger partial charge in [-0.15, -0.1) is 0 Å². The predicted octanol–water partition coefficient (Wildman–Crippen LogP) is 3.51. The number of ether oxygens (including phenoxy) is 1. The van der Waals surface area contributed by atoms with E-state index in [1.807, 2.05) is 18.2 Å². The highest BCUT2D eigenvalue weighted by atomic mass is 127. The quantitative estimate of drug-likeness (QED) is 0.481. The predicted molar refractivity (Wildman–Crippen MR) is 104 cm³/mol. The molecular weight excluding hydrogens is 445 g/mol. The third-order valence-corrected chi connectivity index (χ3v) is 6.42. The van der Waals surface area contributed by atoms with Crippen molar-refractivity contribution in [2.45, 2.75) is 10.6 Å². The van der Waals surface area contributed by atoms with Crippen LogP contribution < -0.4 is 9.46 Å². The van der Waals surface area contributed by atoms with Crippen LogP contribution in [-0.2, 0) is 15.8 Å². The molecule has 0 bridgehead atoms. The Kier molecular flexibility index (Phi) is 7.19. The van der Waals surface area contributed by atoms with Gasteiger partial charge >= 0.3 is 0 Å². The molecule has 2 rings (SSSR count). The fraction of sp³-hybridized carbons (Fsp3) is 0.250. The summed E-state index contributed by atoms with van der Waals surface area (Å²) in [5.74, 6) is 2.27. The van der Waals surface area contributed by atoms with Crippen LogP contribution in [0, 0.1) is 3.57 Å². The van der Waals surface area contributed by atoms with E-state index in [1.54, 1.807) is 37.1 Å². The van der Waals surface area contributed by atoms with Gasteiger partial charge in [0.15, 0.2) is 0 Å². The molecule has 2 aromatic carbocycles. The summed E-state index contributed by atoms with van der Waals surface area (Å²) in [4.78, 5) is 0.260. The molecule has 0 fully saturated rings. The second-order valence-corrected chi connectivity index (χ2v) is 8.77. The molecule has 0 radical (unpaired) electrons. The Labute approximate surface area is 155 Å². The molecule has 0 unspecified atom stereocenters. The Bertz CT molecular complexity index is 736. The van der Waals surface area contributed by atoms with Gasteiger partial charge in [0.05, 0.1) is 15.6 Å². The molecular formula is C16H18INO3S2. The first-order valence-corrected chi connectivity index (χ1v) is 10.7. The Morgan fingerprint density at radius 1 is 1.17 bits per heavy atom. The van der Waals surface area contributed by atoms with Crippen molar-refractivity contribution in [2.75, 3.05) is 19.4 Å². The summed E-state index contributed by atoms with van der Waals surface area (Å²) < 4.78 is 33.1. The number of thioether (sulfide) groups is 1. The highest BCUT2D eigenvalue weighted by Crippen LogP contribution is 2.23. The fourth-order valence-electron chi connectivity index (χ4n) is 1.91. The standard InChI is InChI=1S/C16H18INO3S2/c1-21-16-8-7-14(11-15(16)17)23(19,20)18-9-10-22-12-13-5-3-2-4-6-13/h2-8,11,18H,9-10,12H2,1H3. The Balaban J connectivity index is 1.83. The SMILES string of the molecule is COc1ccc(S(=O)(=O)NCCSCc2ccccc2)cc1I. The molecule has 0 amide bonds. The minimum Gasteiger partial charge on any atom is -0.496 e. The summed E-state index contributed by atoms with van der Waals surface area (Å²) in [5.41, 5.74) is 1.24. The average molecular weight is 463 g/mol. The van der Waals surface area contributed by atoms with Crippen molar-refractivity contribution in [3.63, 3.8) is 0 Å². The molecule has 0 saturated carbocycles. The highest BCUT2D eigenvalue weighted by molar-refractivity contribution is 14.1. The molecule has 7 heteroatoms. The van der Waals surface area contributed by atoms with Crippen LogP contribution >= 0.6 is 34.4 Å². The molecule has 4 nitrogen and oxygen atoms in total. The van der Waals surface area contributed by atoms with Gasteiger partial charge in [0.2, 0.25) is 10.0 Å². The molecule has 0 heterocycles. The third kappa shape index (κ3) is 5.66. The first kappa shape index (κ1) is 18.6. The molecule has 124 valence electrons. The monoisotopic (exact) mass is 463 g/mol. The first-order chi connectivity index (χ1) is 11.0. The van der Waals surface area contributed by atoms with Crippen LogP contribution in [-0.4, -0.2) is 27.8 Å². The number of hydrogen-bond donors (Lipinski definition) is 1. The summed E-state index contributed by atoms with van der Waals surface area (Å²) in [7, 11) is -1.91. The van der Waals surface area contributed by atoms with Crippen molar-refractivity contribution in [1.82, 2.24) is 4.72 Å². The van der Waals surface area contributed by atoms with E-state index in [4.69, 9.17) is 4.74 Å². The molecule has 0 spiro atoms. The smallest absolute Gasteiger partial charge is 0.240 e. The van der Waals surface area contributed by atoms with Gasteiger partial charge in [0.25, 0.3) is 0 Å². The lowest BCUT2D eigenvalue weighted by Crippen LogP contribution is -2.26. The molecule has 0 aliphatic rings. The molecule has 0 aromatic heterocycles. The number of hydrogen-bond acceptors (Lipinski definition) is 4. The summed E-state index contributed by atoms with van der Waals surface area (Å²) in [5, 5.41) is 0. The van der Waals surface area contributed by atoms with Gasteiger partial charge in [-0.2, -0.15) is 11.8 Å². The number of rotatable bonds is 8. The van der Waals surface area contributed by atoms with Crippen LogP contribution in [0.25, 0.3) is 0 Å². The van der Waals surface area contributed by atoms with Crippen molar-refractivity contribution in [3.8, 4) is 5.75 Å². The van der Waals surface area contributed by atoms with Gasteiger partial charge in [-0.25, -0.2) is 13.1 Å². The normalized spacial score (nSPS) is 11.4. The van der Waals surface area contributed by atoms with Crippen molar-refractivity contribution in [1.29, 1.82) is 0 Å². The van der Waals surface area contributed by atoms with Gasteiger partial charge < -0.3 is 4.74 Å². The second-order valence-electron chi connectivity index (χ2n) is 4.73. The van der Waals surface area contributed by atoms with Crippen LogP contribution in [0.4, 0.5) is 0 Å². The molecule has 2 aromatic rings. The van der Waals surface area contributed by atoms with Crippen LogP contribution in [0.15, 0.2) is 53.4 Å². The van der Waals surface area contributed by atoms with E-state index in [-0.39, 0.29) is 4.90 Å². The van der Waals surface area contributed by atoms with E-state index in [1.165, 1.54) is 5.56 Å². The topological polar surface area (TPSA) is 55.4 Å². The number of methoxy groups -OCH3 is 1. The fourth-order valence-corrected chi connectivity index (χ4v) is 4.86. The summed E-state index contributed by atoms with van der Waals surface area (Å²) >= 11 is 3.77. The zero-order valence-electron chi connectivity index (χ0n) is 12.7. The van der Waals surface area contributed by atoms with E-state index in [2.05, 4.69) is 39.4 Å². The maximum absolute atomic E-state index is 12.3. The van der Waals surface area contributed by atoms with Gasteiger partial charge in [-0.1, -0.05) is 30.3 Å². The van der Waals surface area contributed by atoms with E-state index < -0.39 is 10.0 Å². The lowest BCUT2D eigenvalue weighted by Gasteiger charge is -2.09. The lowest BCUT2D eigenvalue weighted by molar-refractivity contribution is 0.411.